The first kappa shape index (κ1) is 21.0. The van der Waals surface area contributed by atoms with Gasteiger partial charge >= 0.3 is 0 Å². The van der Waals surface area contributed by atoms with Crippen molar-refractivity contribution >= 4 is 23.2 Å². The van der Waals surface area contributed by atoms with E-state index in [0.717, 1.165) is 57.5 Å². The highest BCUT2D eigenvalue weighted by atomic mass is 16.5. The number of carbonyl (C=O) groups excluding carboxylic acids is 2. The highest BCUT2D eigenvalue weighted by Crippen LogP contribution is 2.32. The average molecular weight is 424 g/mol. The average Bonchev–Trinajstić information content (AvgIpc) is 3.52. The molecule has 2 aliphatic heterocycles. The summed E-state index contributed by atoms with van der Waals surface area (Å²) in [7, 11) is 3.03. The smallest absolute Gasteiger partial charge is 0.263 e. The first-order valence-electron chi connectivity index (χ1n) is 10.8. The summed E-state index contributed by atoms with van der Waals surface area (Å²) in [6, 6.07) is 10.8. The van der Waals surface area contributed by atoms with Gasteiger partial charge in [0.05, 0.1) is 19.8 Å². The van der Waals surface area contributed by atoms with Crippen molar-refractivity contribution in [2.75, 3.05) is 50.6 Å². The molecule has 0 atom stereocenters. The third-order valence-corrected chi connectivity index (χ3v) is 5.98. The van der Waals surface area contributed by atoms with Gasteiger partial charge in [-0.05, 0) is 56.0 Å². The lowest BCUT2D eigenvalue weighted by atomic mass is 10.1. The number of hydrogen-bond donors (Lipinski definition) is 1. The maximum atomic E-state index is 13.3. The van der Waals surface area contributed by atoms with Crippen molar-refractivity contribution in [1.29, 1.82) is 0 Å². The number of nitrogens with one attached hydrogen (secondary N) is 1. The van der Waals surface area contributed by atoms with Crippen LogP contribution in [0, 0.1) is 0 Å². The third kappa shape index (κ3) is 4.31. The first-order chi connectivity index (χ1) is 15.1. The number of amides is 2. The second-order valence-electron chi connectivity index (χ2n) is 7.92. The number of likely N-dealkylation sites (tertiary alicyclic amines) is 1. The van der Waals surface area contributed by atoms with E-state index in [1.54, 1.807) is 24.3 Å². The van der Waals surface area contributed by atoms with E-state index < -0.39 is 0 Å². The van der Waals surface area contributed by atoms with Crippen LogP contribution in [-0.4, -0.2) is 57.1 Å². The molecular formula is C24H29N3O4. The minimum Gasteiger partial charge on any atom is -0.496 e. The van der Waals surface area contributed by atoms with Crippen LogP contribution in [0.5, 0.6) is 11.5 Å². The van der Waals surface area contributed by atoms with Crippen LogP contribution in [0.1, 0.15) is 46.4 Å². The normalized spacial score (nSPS) is 15.8. The maximum Gasteiger partial charge on any atom is 0.263 e. The molecule has 2 aliphatic rings. The van der Waals surface area contributed by atoms with Crippen molar-refractivity contribution in [3.8, 4) is 11.5 Å². The van der Waals surface area contributed by atoms with Gasteiger partial charge in [0.2, 0.25) is 0 Å². The summed E-state index contributed by atoms with van der Waals surface area (Å²) in [5, 5.41) is 2.92. The zero-order valence-electron chi connectivity index (χ0n) is 18.1. The van der Waals surface area contributed by atoms with E-state index >= 15 is 0 Å². The van der Waals surface area contributed by atoms with Crippen molar-refractivity contribution in [3.05, 3.63) is 47.5 Å². The number of benzene rings is 2. The molecule has 7 heteroatoms. The SMILES string of the molecule is COc1cccc(OC)c1C(=O)Nc1ccc(N2CCCC2)c(C(=O)N2CCCC2)c1. The molecule has 0 bridgehead atoms. The van der Waals surface area contributed by atoms with Crippen LogP contribution in [0.2, 0.25) is 0 Å². The number of rotatable bonds is 6. The van der Waals surface area contributed by atoms with E-state index in [4.69, 9.17) is 9.47 Å². The molecule has 0 aromatic heterocycles. The van der Waals surface area contributed by atoms with Gasteiger partial charge in [-0.2, -0.15) is 0 Å². The summed E-state index contributed by atoms with van der Waals surface area (Å²) in [6.45, 7) is 3.47. The zero-order valence-corrected chi connectivity index (χ0v) is 18.1. The fraction of sp³-hybridized carbons (Fsp3) is 0.417. The number of carbonyl (C=O) groups is 2. The molecule has 2 aromatic carbocycles. The molecule has 2 amide bonds. The van der Waals surface area contributed by atoms with Crippen molar-refractivity contribution < 1.29 is 19.1 Å². The Morgan fingerprint density at radius 1 is 0.871 bits per heavy atom. The zero-order chi connectivity index (χ0) is 21.8. The molecule has 164 valence electrons. The summed E-state index contributed by atoms with van der Waals surface area (Å²) >= 11 is 0. The molecular weight excluding hydrogens is 394 g/mol. The van der Waals surface area contributed by atoms with E-state index in [1.807, 2.05) is 17.0 Å². The fourth-order valence-corrected chi connectivity index (χ4v) is 4.38. The van der Waals surface area contributed by atoms with Crippen molar-refractivity contribution in [1.82, 2.24) is 4.90 Å². The lowest BCUT2D eigenvalue weighted by Crippen LogP contribution is -2.30. The van der Waals surface area contributed by atoms with Gasteiger partial charge in [0, 0.05) is 37.6 Å². The first-order valence-corrected chi connectivity index (χ1v) is 10.8. The van der Waals surface area contributed by atoms with E-state index in [-0.39, 0.29) is 11.8 Å². The van der Waals surface area contributed by atoms with Crippen molar-refractivity contribution in [3.63, 3.8) is 0 Å². The van der Waals surface area contributed by atoms with E-state index in [1.165, 1.54) is 14.2 Å². The van der Waals surface area contributed by atoms with Crippen LogP contribution in [-0.2, 0) is 0 Å². The van der Waals surface area contributed by atoms with Crippen LogP contribution in [0.4, 0.5) is 11.4 Å². The lowest BCUT2D eigenvalue weighted by molar-refractivity contribution is 0.0793. The lowest BCUT2D eigenvalue weighted by Gasteiger charge is -2.24. The van der Waals surface area contributed by atoms with Gasteiger partial charge in [0.25, 0.3) is 11.8 Å². The van der Waals surface area contributed by atoms with Gasteiger partial charge in [-0.25, -0.2) is 0 Å². The van der Waals surface area contributed by atoms with Crippen LogP contribution in [0.15, 0.2) is 36.4 Å². The molecule has 0 radical (unpaired) electrons. The van der Waals surface area contributed by atoms with Gasteiger partial charge in [0.1, 0.15) is 17.1 Å². The quantitative estimate of drug-likeness (QED) is 0.765. The minimum absolute atomic E-state index is 0.0328. The Hall–Kier alpha value is -3.22. The third-order valence-electron chi connectivity index (χ3n) is 5.98. The van der Waals surface area contributed by atoms with E-state index in [9.17, 15) is 9.59 Å². The highest BCUT2D eigenvalue weighted by molar-refractivity contribution is 6.09. The largest absolute Gasteiger partial charge is 0.496 e. The molecule has 0 aliphatic carbocycles. The predicted molar refractivity (Wildman–Crippen MR) is 121 cm³/mol. The summed E-state index contributed by atoms with van der Waals surface area (Å²) in [5.74, 6) is 0.547. The molecule has 1 N–H and O–H groups in total. The number of hydrogen-bond acceptors (Lipinski definition) is 5. The fourth-order valence-electron chi connectivity index (χ4n) is 4.38. The summed E-state index contributed by atoms with van der Waals surface area (Å²) < 4.78 is 10.7. The number of ether oxygens (including phenoxy) is 2. The van der Waals surface area contributed by atoms with Crippen LogP contribution < -0.4 is 19.7 Å². The molecule has 4 rings (SSSR count). The Kier molecular flexibility index (Phi) is 6.30. The van der Waals surface area contributed by atoms with Crippen LogP contribution in [0.25, 0.3) is 0 Å². The Morgan fingerprint density at radius 2 is 1.48 bits per heavy atom. The standard InChI is InChI=1S/C24H29N3O4/c1-30-20-8-7-9-21(31-2)22(20)23(28)25-17-10-11-19(26-12-3-4-13-26)18(16-17)24(29)27-14-5-6-15-27/h7-11,16H,3-6,12-15H2,1-2H3,(H,25,28). The Bertz CT molecular complexity index is 941. The van der Waals surface area contributed by atoms with Crippen molar-refractivity contribution in [2.45, 2.75) is 25.7 Å². The van der Waals surface area contributed by atoms with Crippen LogP contribution >= 0.6 is 0 Å². The highest BCUT2D eigenvalue weighted by Gasteiger charge is 2.26. The van der Waals surface area contributed by atoms with Gasteiger partial charge in [0.15, 0.2) is 0 Å². The topological polar surface area (TPSA) is 71.1 Å². The summed E-state index contributed by atoms with van der Waals surface area (Å²) in [4.78, 5) is 30.5. The number of anilines is 2. The van der Waals surface area contributed by atoms with E-state index in [0.29, 0.717) is 28.3 Å². The summed E-state index contributed by atoms with van der Waals surface area (Å²) in [5.41, 5.74) is 2.49. The molecule has 0 spiro atoms. The summed E-state index contributed by atoms with van der Waals surface area (Å²) in [6.07, 6.45) is 4.33. The second kappa shape index (κ2) is 9.29. The van der Waals surface area contributed by atoms with Gasteiger partial charge in [-0.3, -0.25) is 9.59 Å². The van der Waals surface area contributed by atoms with Crippen molar-refractivity contribution in [2.24, 2.45) is 0 Å². The minimum atomic E-state index is -0.345. The molecule has 2 heterocycles. The Morgan fingerprint density at radius 3 is 2.10 bits per heavy atom. The van der Waals surface area contributed by atoms with Gasteiger partial charge in [-0.15, -0.1) is 0 Å². The Labute approximate surface area is 182 Å². The van der Waals surface area contributed by atoms with Gasteiger partial charge < -0.3 is 24.6 Å². The molecule has 2 saturated heterocycles. The molecule has 0 unspecified atom stereocenters. The number of methoxy groups -OCH3 is 2. The molecule has 31 heavy (non-hydrogen) atoms. The maximum absolute atomic E-state index is 13.3. The number of nitrogens with zero attached hydrogens (tertiary/aromatic N) is 2. The monoisotopic (exact) mass is 423 g/mol. The molecule has 2 aromatic rings. The van der Waals surface area contributed by atoms with E-state index in [2.05, 4.69) is 10.2 Å². The molecule has 7 nitrogen and oxygen atoms in total. The molecule has 2 fully saturated rings. The Balaban J connectivity index is 1.65. The van der Waals surface area contributed by atoms with Crippen LogP contribution in [0.3, 0.4) is 0 Å². The predicted octanol–water partition coefficient (Wildman–Crippen LogP) is 3.79. The second-order valence-corrected chi connectivity index (χ2v) is 7.92. The van der Waals surface area contributed by atoms with Gasteiger partial charge in [-0.1, -0.05) is 6.07 Å². The molecule has 0 saturated carbocycles.